The van der Waals surface area contributed by atoms with Gasteiger partial charge >= 0.3 is 12.3 Å². The lowest BCUT2D eigenvalue weighted by Gasteiger charge is -2.33. The number of carbonyl (C=O) groups excluding carboxylic acids is 1. The molecule has 3 rings (SSSR count). The number of hydrogen-bond acceptors (Lipinski definition) is 7. The highest BCUT2D eigenvalue weighted by Gasteiger charge is 2.32. The summed E-state index contributed by atoms with van der Waals surface area (Å²) in [5.41, 5.74) is 0.180. The number of thioether (sulfide) groups is 1. The van der Waals surface area contributed by atoms with Gasteiger partial charge in [-0.25, -0.2) is 4.79 Å². The van der Waals surface area contributed by atoms with E-state index >= 15 is 0 Å². The summed E-state index contributed by atoms with van der Waals surface area (Å²) in [5, 5.41) is 9.40. The Balaban J connectivity index is 1.77. The smallest absolute Gasteiger partial charge is 0.416 e. The molecule has 0 aliphatic carbocycles. The molecule has 1 amide bonds. The summed E-state index contributed by atoms with van der Waals surface area (Å²) in [5.74, 6) is 0.0137. The van der Waals surface area contributed by atoms with Crippen LogP contribution in [0.4, 0.5) is 18.0 Å². The molecule has 2 heterocycles. The molecule has 1 aliphatic rings. The summed E-state index contributed by atoms with van der Waals surface area (Å²) in [6, 6.07) is 5.10. The first-order valence-electron chi connectivity index (χ1n) is 11.2. The first kappa shape index (κ1) is 27.1. The van der Waals surface area contributed by atoms with E-state index in [4.69, 9.17) is 14.2 Å². The molecule has 0 radical (unpaired) electrons. The molecule has 11 heteroatoms. The molecule has 0 bridgehead atoms. The van der Waals surface area contributed by atoms with Gasteiger partial charge in [-0.3, -0.25) is 0 Å². The lowest BCUT2D eigenvalue weighted by atomic mass is 10.0. The molecular weight excluding hydrogens is 483 g/mol. The second-order valence-corrected chi connectivity index (χ2v) is 10.6. The molecule has 0 unspecified atom stereocenters. The number of rotatable bonds is 6. The maximum Gasteiger partial charge on any atom is 0.416 e. The maximum absolute atomic E-state index is 13.2. The number of alkyl halides is 3. The van der Waals surface area contributed by atoms with Gasteiger partial charge in [0, 0.05) is 31.0 Å². The van der Waals surface area contributed by atoms with Crippen molar-refractivity contribution in [3.8, 4) is 17.0 Å². The van der Waals surface area contributed by atoms with Gasteiger partial charge in [0.2, 0.25) is 0 Å². The Morgan fingerprint density at radius 3 is 2.57 bits per heavy atom. The topological polar surface area (TPSA) is 73.8 Å². The molecule has 1 aromatic carbocycles. The van der Waals surface area contributed by atoms with Crippen LogP contribution in [0.25, 0.3) is 11.3 Å². The number of benzene rings is 1. The molecule has 1 aromatic heterocycles. The zero-order chi connectivity index (χ0) is 25.8. The fourth-order valence-corrected chi connectivity index (χ4v) is 4.83. The quantitative estimate of drug-likeness (QED) is 0.442. The minimum absolute atomic E-state index is 0.0137. The highest BCUT2D eigenvalue weighted by atomic mass is 32.2. The molecule has 192 valence electrons. The van der Waals surface area contributed by atoms with E-state index in [-0.39, 0.29) is 23.9 Å². The summed E-state index contributed by atoms with van der Waals surface area (Å²) >= 11 is 1.52. The number of aromatic nitrogens is 2. The second-order valence-electron chi connectivity index (χ2n) is 9.28. The Kier molecular flexibility index (Phi) is 8.53. The summed E-state index contributed by atoms with van der Waals surface area (Å²) in [4.78, 5) is 14.1. The number of likely N-dealkylation sites (tertiary alicyclic amines) is 1. The van der Waals surface area contributed by atoms with Gasteiger partial charge in [-0.2, -0.15) is 13.2 Å². The number of carbonyl (C=O) groups is 1. The van der Waals surface area contributed by atoms with E-state index in [9.17, 15) is 18.0 Å². The van der Waals surface area contributed by atoms with Crippen LogP contribution in [0.15, 0.2) is 29.3 Å². The minimum Gasteiger partial charge on any atom is -0.467 e. The van der Waals surface area contributed by atoms with Crippen LogP contribution in [0.5, 0.6) is 5.75 Å². The Morgan fingerprint density at radius 2 is 1.94 bits per heavy atom. The summed E-state index contributed by atoms with van der Waals surface area (Å²) in [7, 11) is 1.39. The molecule has 1 saturated heterocycles. The number of piperidine rings is 1. The van der Waals surface area contributed by atoms with E-state index in [1.807, 2.05) is 33.8 Å². The molecule has 35 heavy (non-hydrogen) atoms. The van der Waals surface area contributed by atoms with Crippen LogP contribution in [-0.2, 0) is 15.7 Å². The summed E-state index contributed by atoms with van der Waals surface area (Å²) < 4.78 is 55.3. The molecule has 1 fully saturated rings. The van der Waals surface area contributed by atoms with Crippen LogP contribution in [0, 0.1) is 6.92 Å². The second kappa shape index (κ2) is 11.0. The fourth-order valence-electron chi connectivity index (χ4n) is 3.62. The molecular formula is C24H30F3N3O4S. The van der Waals surface area contributed by atoms with Gasteiger partial charge in [-0.1, -0.05) is 11.8 Å². The third-order valence-corrected chi connectivity index (χ3v) is 6.33. The largest absolute Gasteiger partial charge is 0.467 e. The summed E-state index contributed by atoms with van der Waals surface area (Å²) in [6.45, 7) is 8.31. The van der Waals surface area contributed by atoms with Crippen molar-refractivity contribution in [1.29, 1.82) is 0 Å². The number of amides is 1. The molecule has 7 nitrogen and oxygen atoms in total. The number of hydrogen-bond donors (Lipinski definition) is 0. The van der Waals surface area contributed by atoms with Crippen molar-refractivity contribution in [3.05, 3.63) is 35.4 Å². The van der Waals surface area contributed by atoms with Crippen molar-refractivity contribution >= 4 is 17.9 Å². The van der Waals surface area contributed by atoms with E-state index in [2.05, 4.69) is 10.2 Å². The number of halogens is 3. The van der Waals surface area contributed by atoms with Gasteiger partial charge < -0.3 is 19.1 Å². The normalized spacial score (nSPS) is 16.8. The maximum atomic E-state index is 13.2. The molecule has 0 N–H and O–H groups in total. The lowest BCUT2D eigenvalue weighted by Crippen LogP contribution is -2.43. The van der Waals surface area contributed by atoms with Crippen LogP contribution in [0.3, 0.4) is 0 Å². The van der Waals surface area contributed by atoms with Gasteiger partial charge in [-0.15, -0.1) is 10.2 Å². The van der Waals surface area contributed by atoms with Crippen molar-refractivity contribution in [2.45, 2.75) is 62.6 Å². The Morgan fingerprint density at radius 1 is 1.20 bits per heavy atom. The Labute approximate surface area is 207 Å². The van der Waals surface area contributed by atoms with Crippen molar-refractivity contribution in [2.75, 3.05) is 27.0 Å². The molecule has 2 aromatic rings. The van der Waals surface area contributed by atoms with Crippen LogP contribution < -0.4 is 4.74 Å². The Hall–Kier alpha value is -2.53. The number of ether oxygens (including phenoxy) is 3. The number of methoxy groups -OCH3 is 1. The van der Waals surface area contributed by atoms with E-state index < -0.39 is 17.3 Å². The zero-order valence-corrected chi connectivity index (χ0v) is 21.3. The fraction of sp³-hybridized carbons (Fsp3) is 0.542. The van der Waals surface area contributed by atoms with Gasteiger partial charge in [0.05, 0.1) is 11.3 Å². The predicted octanol–water partition coefficient (Wildman–Crippen LogP) is 5.95. The van der Waals surface area contributed by atoms with Crippen LogP contribution in [0.2, 0.25) is 0 Å². The highest BCUT2D eigenvalue weighted by molar-refractivity contribution is 7.99. The van der Waals surface area contributed by atoms with Crippen molar-refractivity contribution < 1.29 is 32.2 Å². The number of nitrogens with zero attached hydrogens (tertiary/aromatic N) is 3. The van der Waals surface area contributed by atoms with Gasteiger partial charge in [0.1, 0.15) is 16.4 Å². The highest BCUT2D eigenvalue weighted by Crippen LogP contribution is 2.38. The third kappa shape index (κ3) is 7.47. The van der Waals surface area contributed by atoms with E-state index in [0.717, 1.165) is 30.5 Å². The van der Waals surface area contributed by atoms with Crippen molar-refractivity contribution in [3.63, 3.8) is 0 Å². The lowest BCUT2D eigenvalue weighted by molar-refractivity contribution is -0.137. The van der Waals surface area contributed by atoms with Gasteiger partial charge in [-0.05, 0) is 70.4 Å². The van der Waals surface area contributed by atoms with Crippen LogP contribution in [0.1, 0.15) is 44.7 Å². The van der Waals surface area contributed by atoms with Crippen LogP contribution in [-0.4, -0.2) is 59.0 Å². The number of aryl methyl sites for hydroxylation is 1. The molecule has 1 aliphatic heterocycles. The predicted molar refractivity (Wildman–Crippen MR) is 126 cm³/mol. The standard InChI is InChI=1S/C24H30F3N3O4S/c1-15-11-20(35-17-7-6-10-30(13-17)22(31)34-23(2,3)4)28-29-21(15)18-9-8-16(24(25,26)27)12-19(18)33-14-32-5/h8-9,11-12,17H,6-7,10,13-14H2,1-5H3/t17-/m1/s1. The molecule has 1 atom stereocenters. The van der Waals surface area contributed by atoms with Crippen molar-refractivity contribution in [2.24, 2.45) is 0 Å². The Bertz CT molecular complexity index is 1040. The monoisotopic (exact) mass is 513 g/mol. The van der Waals surface area contributed by atoms with E-state index in [0.29, 0.717) is 29.4 Å². The SMILES string of the molecule is COCOc1cc(C(F)(F)F)ccc1-c1nnc(S[C@@H]2CCCN(C(=O)OC(C)(C)C)C2)cc1C. The zero-order valence-electron chi connectivity index (χ0n) is 20.4. The average Bonchev–Trinajstić information content (AvgIpc) is 2.76. The van der Waals surface area contributed by atoms with E-state index in [1.165, 1.54) is 24.9 Å². The average molecular weight is 514 g/mol. The first-order valence-corrected chi connectivity index (χ1v) is 12.1. The van der Waals surface area contributed by atoms with Gasteiger partial charge in [0.15, 0.2) is 6.79 Å². The van der Waals surface area contributed by atoms with Gasteiger partial charge in [0.25, 0.3) is 0 Å². The van der Waals surface area contributed by atoms with Crippen LogP contribution >= 0.6 is 11.8 Å². The van der Waals surface area contributed by atoms with E-state index in [1.54, 1.807) is 4.90 Å². The van der Waals surface area contributed by atoms with Crippen molar-refractivity contribution in [1.82, 2.24) is 15.1 Å². The molecule has 0 spiro atoms. The molecule has 0 saturated carbocycles. The first-order chi connectivity index (χ1) is 16.4. The third-order valence-electron chi connectivity index (χ3n) is 5.18. The minimum atomic E-state index is -4.50. The summed E-state index contributed by atoms with van der Waals surface area (Å²) in [6.07, 6.45) is -3.06.